The van der Waals surface area contributed by atoms with Crippen LogP contribution < -0.4 is 5.32 Å². The maximum atomic E-state index is 13.2. The first-order chi connectivity index (χ1) is 13.7. The van der Waals surface area contributed by atoms with Crippen molar-refractivity contribution >= 4 is 28.4 Å². The predicted molar refractivity (Wildman–Crippen MR) is 111 cm³/mol. The molecule has 3 aromatic rings. The number of benzene rings is 2. The minimum absolute atomic E-state index is 0.0467. The zero-order valence-electron chi connectivity index (χ0n) is 15.5. The molecule has 1 aliphatic rings. The monoisotopic (exact) mass is 395 g/mol. The third-order valence-electron chi connectivity index (χ3n) is 5.08. The van der Waals surface area contributed by atoms with E-state index in [1.807, 2.05) is 24.3 Å². The highest BCUT2D eigenvalue weighted by Crippen LogP contribution is 2.31. The van der Waals surface area contributed by atoms with Crippen molar-refractivity contribution in [1.29, 1.82) is 0 Å². The largest absolute Gasteiger partial charge is 0.353 e. The lowest BCUT2D eigenvalue weighted by Gasteiger charge is -2.22. The Morgan fingerprint density at radius 2 is 1.71 bits per heavy atom. The summed E-state index contributed by atoms with van der Waals surface area (Å²) >= 11 is 1.41. The summed E-state index contributed by atoms with van der Waals surface area (Å²) in [6.07, 6.45) is 5.80. The molecule has 0 spiro atoms. The molecule has 4 nitrogen and oxygen atoms in total. The zero-order chi connectivity index (χ0) is 19.3. The van der Waals surface area contributed by atoms with Gasteiger partial charge in [0.05, 0.1) is 5.75 Å². The number of nitrogens with one attached hydrogen (secondary N) is 1. The number of carbonyl (C=O) groups is 1. The van der Waals surface area contributed by atoms with Crippen molar-refractivity contribution in [1.82, 2.24) is 15.5 Å². The fourth-order valence-electron chi connectivity index (χ4n) is 3.66. The van der Waals surface area contributed by atoms with Crippen molar-refractivity contribution < 1.29 is 9.18 Å². The third kappa shape index (κ3) is 4.33. The highest BCUT2D eigenvalue weighted by atomic mass is 32.2. The first-order valence-corrected chi connectivity index (χ1v) is 10.6. The van der Waals surface area contributed by atoms with Gasteiger partial charge in [-0.25, -0.2) is 4.39 Å². The second kappa shape index (κ2) is 8.69. The van der Waals surface area contributed by atoms with Crippen LogP contribution in [0.15, 0.2) is 53.6 Å². The van der Waals surface area contributed by atoms with Gasteiger partial charge in [-0.15, -0.1) is 10.2 Å². The quantitative estimate of drug-likeness (QED) is 0.619. The van der Waals surface area contributed by atoms with Crippen LogP contribution in [0.2, 0.25) is 0 Å². The van der Waals surface area contributed by atoms with E-state index >= 15 is 0 Å². The number of fused-ring (bicyclic) bond motifs is 1. The van der Waals surface area contributed by atoms with Gasteiger partial charge in [0.25, 0.3) is 0 Å². The number of amides is 1. The molecule has 28 heavy (non-hydrogen) atoms. The van der Waals surface area contributed by atoms with Gasteiger partial charge in [0.1, 0.15) is 16.5 Å². The number of rotatable bonds is 5. The second-order valence-electron chi connectivity index (χ2n) is 7.10. The summed E-state index contributed by atoms with van der Waals surface area (Å²) in [7, 11) is 0. The van der Waals surface area contributed by atoms with E-state index in [1.165, 1.54) is 43.2 Å². The minimum atomic E-state index is -0.280. The standard InChI is InChI=1S/C22H22FN3OS/c23-16-12-10-15(11-13-16)21-18-8-4-5-9-19(18)22(26-25-21)28-14-20(27)24-17-6-2-1-3-7-17/h4-5,8-13,17H,1-3,6-7,14H2,(H,24,27). The van der Waals surface area contributed by atoms with Crippen molar-refractivity contribution in [2.24, 2.45) is 0 Å². The number of halogens is 1. The molecular weight excluding hydrogens is 373 g/mol. The van der Waals surface area contributed by atoms with Gasteiger partial charge in [0, 0.05) is 22.4 Å². The van der Waals surface area contributed by atoms with E-state index in [4.69, 9.17) is 0 Å². The van der Waals surface area contributed by atoms with Gasteiger partial charge in [-0.2, -0.15) is 0 Å². The molecule has 1 aromatic heterocycles. The molecule has 2 aromatic carbocycles. The zero-order valence-corrected chi connectivity index (χ0v) is 16.3. The van der Waals surface area contributed by atoms with Crippen LogP contribution in [0.1, 0.15) is 32.1 Å². The molecule has 1 N–H and O–H groups in total. The lowest BCUT2D eigenvalue weighted by Crippen LogP contribution is -2.37. The summed E-state index contributed by atoms with van der Waals surface area (Å²) < 4.78 is 13.2. The van der Waals surface area contributed by atoms with Gasteiger partial charge in [0.15, 0.2) is 0 Å². The van der Waals surface area contributed by atoms with Crippen molar-refractivity contribution in [2.45, 2.75) is 43.2 Å². The average molecular weight is 396 g/mol. The molecule has 0 unspecified atom stereocenters. The third-order valence-corrected chi connectivity index (χ3v) is 6.06. The van der Waals surface area contributed by atoms with E-state index < -0.39 is 0 Å². The number of carbonyl (C=O) groups excluding carboxylic acids is 1. The van der Waals surface area contributed by atoms with E-state index in [2.05, 4.69) is 15.5 Å². The molecule has 1 saturated carbocycles. The highest BCUT2D eigenvalue weighted by Gasteiger charge is 2.17. The van der Waals surface area contributed by atoms with E-state index in [1.54, 1.807) is 12.1 Å². The molecule has 1 heterocycles. The van der Waals surface area contributed by atoms with Gasteiger partial charge >= 0.3 is 0 Å². The van der Waals surface area contributed by atoms with Crippen LogP contribution >= 0.6 is 11.8 Å². The Bertz CT molecular complexity index is 971. The van der Waals surface area contributed by atoms with Gasteiger partial charge in [-0.05, 0) is 37.1 Å². The lowest BCUT2D eigenvalue weighted by molar-refractivity contribution is -0.119. The molecule has 1 fully saturated rings. The molecule has 1 aliphatic carbocycles. The van der Waals surface area contributed by atoms with Gasteiger partial charge in [-0.3, -0.25) is 4.79 Å². The van der Waals surface area contributed by atoms with Crippen molar-refractivity contribution in [2.75, 3.05) is 5.75 Å². The number of thioether (sulfide) groups is 1. The van der Waals surface area contributed by atoms with Gasteiger partial charge in [-0.1, -0.05) is 55.3 Å². The van der Waals surface area contributed by atoms with Crippen LogP contribution in [-0.4, -0.2) is 27.9 Å². The normalized spacial score (nSPS) is 14.9. The predicted octanol–water partition coefficient (Wildman–Crippen LogP) is 4.98. The lowest BCUT2D eigenvalue weighted by atomic mass is 9.95. The molecule has 6 heteroatoms. The Morgan fingerprint density at radius 1 is 1.00 bits per heavy atom. The van der Waals surface area contributed by atoms with Crippen LogP contribution in [0.5, 0.6) is 0 Å². The summed E-state index contributed by atoms with van der Waals surface area (Å²) in [6, 6.07) is 14.4. The molecular formula is C22H22FN3OS. The van der Waals surface area contributed by atoms with E-state index in [0.717, 1.165) is 34.2 Å². The summed E-state index contributed by atoms with van der Waals surface area (Å²) in [5.74, 6) is 0.0907. The molecule has 0 atom stereocenters. The molecule has 0 radical (unpaired) electrons. The topological polar surface area (TPSA) is 54.9 Å². The maximum absolute atomic E-state index is 13.2. The number of hydrogen-bond acceptors (Lipinski definition) is 4. The van der Waals surface area contributed by atoms with Gasteiger partial charge in [0.2, 0.25) is 5.91 Å². The van der Waals surface area contributed by atoms with Crippen molar-refractivity contribution in [3.05, 3.63) is 54.3 Å². The Morgan fingerprint density at radius 3 is 2.46 bits per heavy atom. The van der Waals surface area contributed by atoms with Crippen LogP contribution in [0.25, 0.3) is 22.0 Å². The maximum Gasteiger partial charge on any atom is 0.230 e. The summed E-state index contributed by atoms with van der Waals surface area (Å²) in [5, 5.41) is 14.5. The van der Waals surface area contributed by atoms with Crippen molar-refractivity contribution in [3.8, 4) is 11.3 Å². The Kier molecular flexibility index (Phi) is 5.86. The summed E-state index contributed by atoms with van der Waals surface area (Å²) in [6.45, 7) is 0. The smallest absolute Gasteiger partial charge is 0.230 e. The molecule has 4 rings (SSSR count). The first kappa shape index (κ1) is 18.9. The molecule has 0 bridgehead atoms. The number of aromatic nitrogens is 2. The van der Waals surface area contributed by atoms with E-state index in [-0.39, 0.29) is 11.7 Å². The van der Waals surface area contributed by atoms with Gasteiger partial charge < -0.3 is 5.32 Å². The van der Waals surface area contributed by atoms with Crippen LogP contribution in [0, 0.1) is 5.82 Å². The van der Waals surface area contributed by atoms with Crippen LogP contribution in [-0.2, 0) is 4.79 Å². The second-order valence-corrected chi connectivity index (χ2v) is 8.06. The Balaban J connectivity index is 1.52. The summed E-state index contributed by atoms with van der Waals surface area (Å²) in [5.41, 5.74) is 1.53. The first-order valence-electron chi connectivity index (χ1n) is 9.64. The fraction of sp³-hybridized carbons (Fsp3) is 0.318. The SMILES string of the molecule is O=C(CSc1nnc(-c2ccc(F)cc2)c2ccccc12)NC1CCCCC1. The summed E-state index contributed by atoms with van der Waals surface area (Å²) in [4.78, 5) is 12.3. The molecule has 1 amide bonds. The number of hydrogen-bond donors (Lipinski definition) is 1. The van der Waals surface area contributed by atoms with Crippen LogP contribution in [0.3, 0.4) is 0 Å². The van der Waals surface area contributed by atoms with E-state index in [9.17, 15) is 9.18 Å². The molecule has 0 aliphatic heterocycles. The Labute approximate surface area is 167 Å². The minimum Gasteiger partial charge on any atom is -0.353 e. The molecule has 0 saturated heterocycles. The van der Waals surface area contributed by atoms with E-state index in [0.29, 0.717) is 17.5 Å². The molecule has 144 valence electrons. The highest BCUT2D eigenvalue weighted by molar-refractivity contribution is 8.00. The van der Waals surface area contributed by atoms with Crippen LogP contribution in [0.4, 0.5) is 4.39 Å². The fourth-order valence-corrected chi connectivity index (χ4v) is 4.44. The average Bonchev–Trinajstić information content (AvgIpc) is 2.73. The van der Waals surface area contributed by atoms with Crippen molar-refractivity contribution in [3.63, 3.8) is 0 Å². The number of nitrogens with zero attached hydrogens (tertiary/aromatic N) is 2. The Hall–Kier alpha value is -2.47.